The first-order valence-electron chi connectivity index (χ1n) is 9.92. The number of nitrogens with zero attached hydrogens (tertiary/aromatic N) is 3. The van der Waals surface area contributed by atoms with Gasteiger partial charge in [0.15, 0.2) is 5.82 Å². The Morgan fingerprint density at radius 1 is 1.06 bits per heavy atom. The summed E-state index contributed by atoms with van der Waals surface area (Å²) in [4.78, 5) is 8.64. The number of aryl methyl sites for hydroxylation is 1. The molecule has 4 aromatic rings. The van der Waals surface area contributed by atoms with Gasteiger partial charge in [0.25, 0.3) is 0 Å². The highest BCUT2D eigenvalue weighted by Gasteiger charge is 2.31. The van der Waals surface area contributed by atoms with Crippen LogP contribution in [0.3, 0.4) is 0 Å². The average molecular weight is 478 g/mol. The summed E-state index contributed by atoms with van der Waals surface area (Å²) in [6, 6.07) is 12.1. The normalized spacial score (nSPS) is 11.5. The van der Waals surface area contributed by atoms with E-state index in [-0.39, 0.29) is 22.3 Å². The molecule has 3 N–H and O–H groups in total. The van der Waals surface area contributed by atoms with Crippen molar-refractivity contribution in [3.05, 3.63) is 66.1 Å². The van der Waals surface area contributed by atoms with E-state index in [0.717, 1.165) is 30.1 Å². The molecule has 0 amide bonds. The number of nitrogens with one attached hydrogen (secondary N) is 1. The number of hydrogen-bond donors (Lipinski definition) is 2. The molecule has 33 heavy (non-hydrogen) atoms. The fraction of sp³-hybridized carbons (Fsp3) is 0.182. The topological polar surface area (TPSA) is 87.2 Å². The van der Waals surface area contributed by atoms with E-state index in [9.17, 15) is 13.2 Å². The van der Waals surface area contributed by atoms with Crippen LogP contribution in [0.2, 0.25) is 5.02 Å². The highest BCUT2D eigenvalue weighted by Crippen LogP contribution is 2.35. The molecule has 172 valence electrons. The maximum atomic E-state index is 12.4. The van der Waals surface area contributed by atoms with Gasteiger partial charge in [-0.3, -0.25) is 0 Å². The van der Waals surface area contributed by atoms with E-state index in [1.807, 2.05) is 16.8 Å². The second-order valence-electron chi connectivity index (χ2n) is 7.00. The first kappa shape index (κ1) is 22.7. The number of fused-ring (bicyclic) bond motifs is 1. The molecule has 0 saturated carbocycles. The van der Waals surface area contributed by atoms with E-state index in [2.05, 4.69) is 20.0 Å². The van der Waals surface area contributed by atoms with Crippen LogP contribution < -0.4 is 20.5 Å². The molecule has 2 heterocycles. The molecule has 0 spiro atoms. The standard InChI is InChI=1S/C22H19ClF3N5O2/c23-17-11-14(30-21-20-18(28-13-29-21)7-10-31(20)9-2-8-27)5-6-19(17)32-15-3-1-4-16(12-15)33-22(24,25)26/h1,3-7,10-13H,2,8-9,27H2,(H,28,29,30). The molecule has 0 fully saturated rings. The van der Waals surface area contributed by atoms with Crippen LogP contribution in [0.15, 0.2) is 61.1 Å². The van der Waals surface area contributed by atoms with E-state index < -0.39 is 6.36 Å². The number of nitrogens with two attached hydrogens (primary N) is 1. The van der Waals surface area contributed by atoms with Crippen LogP contribution in [-0.2, 0) is 6.54 Å². The third kappa shape index (κ3) is 5.65. The molecule has 2 aromatic heterocycles. The number of benzene rings is 2. The van der Waals surface area contributed by atoms with Crippen molar-refractivity contribution in [2.75, 3.05) is 11.9 Å². The van der Waals surface area contributed by atoms with Crippen molar-refractivity contribution in [3.8, 4) is 17.2 Å². The number of halogens is 4. The van der Waals surface area contributed by atoms with Crippen LogP contribution >= 0.6 is 11.6 Å². The summed E-state index contributed by atoms with van der Waals surface area (Å²) in [5.41, 5.74) is 7.90. The minimum atomic E-state index is -4.79. The number of anilines is 2. The summed E-state index contributed by atoms with van der Waals surface area (Å²) in [6.07, 6.45) is -0.584. The number of rotatable bonds is 8. The summed E-state index contributed by atoms with van der Waals surface area (Å²) in [6.45, 7) is 1.30. The Hall–Kier alpha value is -3.50. The molecule has 7 nitrogen and oxygen atoms in total. The van der Waals surface area contributed by atoms with Gasteiger partial charge in [0.2, 0.25) is 0 Å². The van der Waals surface area contributed by atoms with Crippen molar-refractivity contribution in [2.24, 2.45) is 5.73 Å². The Labute approximate surface area is 191 Å². The van der Waals surface area contributed by atoms with Gasteiger partial charge in [-0.05, 0) is 49.4 Å². The van der Waals surface area contributed by atoms with Crippen molar-refractivity contribution >= 4 is 34.1 Å². The van der Waals surface area contributed by atoms with E-state index >= 15 is 0 Å². The van der Waals surface area contributed by atoms with Crippen LogP contribution in [0.4, 0.5) is 24.7 Å². The Morgan fingerprint density at radius 3 is 2.64 bits per heavy atom. The summed E-state index contributed by atoms with van der Waals surface area (Å²) in [5.74, 6) is 0.628. The van der Waals surface area contributed by atoms with Crippen molar-refractivity contribution < 1.29 is 22.6 Å². The summed E-state index contributed by atoms with van der Waals surface area (Å²) >= 11 is 6.36. The Morgan fingerprint density at radius 2 is 1.88 bits per heavy atom. The molecule has 4 rings (SSSR count). The quantitative estimate of drug-likeness (QED) is 0.330. The molecular weight excluding hydrogens is 459 g/mol. The zero-order chi connectivity index (χ0) is 23.4. The van der Waals surface area contributed by atoms with Crippen LogP contribution in [-0.4, -0.2) is 27.4 Å². The molecule has 2 aromatic carbocycles. The average Bonchev–Trinajstić information content (AvgIpc) is 3.17. The summed E-state index contributed by atoms with van der Waals surface area (Å²) < 4.78 is 48.9. The summed E-state index contributed by atoms with van der Waals surface area (Å²) in [5, 5.41) is 3.48. The van der Waals surface area contributed by atoms with Gasteiger partial charge in [-0.2, -0.15) is 0 Å². The van der Waals surface area contributed by atoms with Crippen molar-refractivity contribution in [2.45, 2.75) is 19.3 Å². The van der Waals surface area contributed by atoms with Crippen molar-refractivity contribution in [1.82, 2.24) is 14.5 Å². The fourth-order valence-corrected chi connectivity index (χ4v) is 3.45. The Kier molecular flexibility index (Phi) is 6.57. The van der Waals surface area contributed by atoms with E-state index in [0.29, 0.717) is 18.1 Å². The molecule has 0 aliphatic heterocycles. The van der Waals surface area contributed by atoms with Gasteiger partial charge in [0, 0.05) is 24.5 Å². The lowest BCUT2D eigenvalue weighted by Crippen LogP contribution is -2.17. The van der Waals surface area contributed by atoms with E-state index in [1.54, 1.807) is 18.2 Å². The molecule has 11 heteroatoms. The third-order valence-electron chi connectivity index (χ3n) is 4.61. The maximum absolute atomic E-state index is 12.4. The minimum Gasteiger partial charge on any atom is -0.456 e. The highest BCUT2D eigenvalue weighted by molar-refractivity contribution is 6.32. The fourth-order valence-electron chi connectivity index (χ4n) is 3.23. The van der Waals surface area contributed by atoms with E-state index in [4.69, 9.17) is 22.1 Å². The first-order chi connectivity index (χ1) is 15.8. The van der Waals surface area contributed by atoms with Gasteiger partial charge in [0.1, 0.15) is 29.1 Å². The van der Waals surface area contributed by atoms with Crippen molar-refractivity contribution in [1.29, 1.82) is 0 Å². The van der Waals surface area contributed by atoms with Gasteiger partial charge in [-0.1, -0.05) is 17.7 Å². The lowest BCUT2D eigenvalue weighted by Gasteiger charge is -2.13. The molecular formula is C22H19ClF3N5O2. The highest BCUT2D eigenvalue weighted by atomic mass is 35.5. The lowest BCUT2D eigenvalue weighted by atomic mass is 10.2. The van der Waals surface area contributed by atoms with Crippen LogP contribution in [0.1, 0.15) is 6.42 Å². The molecule has 0 aliphatic carbocycles. The summed E-state index contributed by atoms with van der Waals surface area (Å²) in [7, 11) is 0. The predicted molar refractivity (Wildman–Crippen MR) is 119 cm³/mol. The number of aromatic nitrogens is 3. The van der Waals surface area contributed by atoms with Gasteiger partial charge in [0.05, 0.1) is 10.5 Å². The van der Waals surface area contributed by atoms with Crippen molar-refractivity contribution in [3.63, 3.8) is 0 Å². The zero-order valence-electron chi connectivity index (χ0n) is 17.1. The Bertz CT molecular complexity index is 1260. The lowest BCUT2D eigenvalue weighted by molar-refractivity contribution is -0.274. The predicted octanol–water partition coefficient (Wildman–Crippen LogP) is 5.87. The molecule has 0 atom stereocenters. The van der Waals surface area contributed by atoms with Gasteiger partial charge in [-0.25, -0.2) is 9.97 Å². The van der Waals surface area contributed by atoms with Gasteiger partial charge >= 0.3 is 6.36 Å². The minimum absolute atomic E-state index is 0.148. The number of alkyl halides is 3. The molecule has 0 saturated heterocycles. The first-order valence-corrected chi connectivity index (χ1v) is 10.3. The molecule has 0 unspecified atom stereocenters. The zero-order valence-corrected chi connectivity index (χ0v) is 17.9. The van der Waals surface area contributed by atoms with Gasteiger partial charge < -0.3 is 25.1 Å². The van der Waals surface area contributed by atoms with Crippen LogP contribution in [0.5, 0.6) is 17.2 Å². The van der Waals surface area contributed by atoms with Crippen LogP contribution in [0, 0.1) is 0 Å². The second kappa shape index (κ2) is 9.55. The molecule has 0 aliphatic rings. The largest absolute Gasteiger partial charge is 0.573 e. The Balaban J connectivity index is 1.53. The number of ether oxygens (including phenoxy) is 2. The molecule has 0 bridgehead atoms. The smallest absolute Gasteiger partial charge is 0.456 e. The monoisotopic (exact) mass is 477 g/mol. The molecule has 0 radical (unpaired) electrons. The van der Waals surface area contributed by atoms with E-state index in [1.165, 1.54) is 24.5 Å². The SMILES string of the molecule is NCCCn1ccc2ncnc(Nc3ccc(Oc4cccc(OC(F)(F)F)c4)c(Cl)c3)c21. The number of hydrogen-bond acceptors (Lipinski definition) is 6. The van der Waals surface area contributed by atoms with Crippen LogP contribution in [0.25, 0.3) is 11.0 Å². The second-order valence-corrected chi connectivity index (χ2v) is 7.41. The third-order valence-corrected chi connectivity index (χ3v) is 4.91. The maximum Gasteiger partial charge on any atom is 0.573 e. The van der Waals surface area contributed by atoms with Gasteiger partial charge in [-0.15, -0.1) is 13.2 Å².